The maximum absolute atomic E-state index is 13.5. The number of hydrogen-bond donors (Lipinski definition) is 9. The van der Waals surface area contributed by atoms with Gasteiger partial charge in [-0.15, -0.1) is 0 Å². The maximum atomic E-state index is 13.5. The Morgan fingerprint density at radius 2 is 1.61 bits per heavy atom. The van der Waals surface area contributed by atoms with Crippen LogP contribution in [0.3, 0.4) is 0 Å². The molecule has 2 rings (SSSR count). The average Bonchev–Trinajstić information content (AvgIpc) is 3.30. The van der Waals surface area contributed by atoms with Gasteiger partial charge in [0.05, 0.1) is 12.1 Å². The first-order valence-corrected chi connectivity index (χ1v) is 13.5. The van der Waals surface area contributed by atoms with E-state index >= 15 is 0 Å². The molecule has 0 aliphatic carbocycles. The third kappa shape index (κ3) is 10.4. The highest BCUT2D eigenvalue weighted by molar-refractivity contribution is 5.95. The summed E-state index contributed by atoms with van der Waals surface area (Å²) >= 11 is 0. The number of aliphatic carboxylic acids is 1. The fourth-order valence-electron chi connectivity index (χ4n) is 4.31. The minimum absolute atomic E-state index is 0.00470. The van der Waals surface area contributed by atoms with Crippen molar-refractivity contribution in [1.29, 1.82) is 0 Å². The Kier molecular flexibility index (Phi) is 12.5. The number of rotatable bonds is 16. The standard InChI is InChI=1S/C27H42N8O6/c1-14(2)11-18(28)23(37)33-20(9-6-10-31-27(29)30)24(38)34-21(25(39)35-22(15(3)36)26(40)41)12-16-13-32-19-8-5-4-7-17(16)19/h4-5,7-8,13-15,18,20-22,32,36H,6,9-12,28H2,1-3H3,(H,33,37)(H,34,38)(H,35,39)(H,40,41)(H4,29,30,31). The predicted molar refractivity (Wildman–Crippen MR) is 154 cm³/mol. The van der Waals surface area contributed by atoms with Crippen molar-refractivity contribution in [3.8, 4) is 0 Å². The summed E-state index contributed by atoms with van der Waals surface area (Å²) < 4.78 is 0. The number of H-pyrrole nitrogens is 1. The molecule has 0 spiro atoms. The van der Waals surface area contributed by atoms with Crippen LogP contribution in [0.15, 0.2) is 35.5 Å². The van der Waals surface area contributed by atoms with Gasteiger partial charge in [0.15, 0.2) is 12.0 Å². The zero-order valence-corrected chi connectivity index (χ0v) is 23.6. The molecule has 0 saturated carbocycles. The van der Waals surface area contributed by atoms with Crippen molar-refractivity contribution in [2.24, 2.45) is 28.1 Å². The van der Waals surface area contributed by atoms with Gasteiger partial charge in [-0.25, -0.2) is 4.79 Å². The first kappa shape index (κ1) is 33.0. The maximum Gasteiger partial charge on any atom is 0.328 e. The second kappa shape index (κ2) is 15.6. The molecule has 0 bridgehead atoms. The molecule has 14 nitrogen and oxygen atoms in total. The van der Waals surface area contributed by atoms with E-state index in [9.17, 15) is 29.4 Å². The smallest absolute Gasteiger partial charge is 0.328 e. The van der Waals surface area contributed by atoms with Gasteiger partial charge in [0, 0.05) is 30.1 Å². The van der Waals surface area contributed by atoms with Crippen LogP contribution in [0.2, 0.25) is 0 Å². The minimum atomic E-state index is -1.60. The molecule has 1 aromatic heterocycles. The summed E-state index contributed by atoms with van der Waals surface area (Å²) in [4.78, 5) is 58.2. The highest BCUT2D eigenvalue weighted by Crippen LogP contribution is 2.19. The van der Waals surface area contributed by atoms with E-state index in [-0.39, 0.29) is 31.3 Å². The van der Waals surface area contributed by atoms with E-state index in [1.165, 1.54) is 6.92 Å². The predicted octanol–water partition coefficient (Wildman–Crippen LogP) is -0.943. The summed E-state index contributed by atoms with van der Waals surface area (Å²) in [5.74, 6) is -3.43. The lowest BCUT2D eigenvalue weighted by Gasteiger charge is -2.26. The number of nitrogens with zero attached hydrogens (tertiary/aromatic N) is 1. The number of benzene rings is 1. The van der Waals surface area contributed by atoms with Gasteiger partial charge in [-0.2, -0.15) is 0 Å². The summed E-state index contributed by atoms with van der Waals surface area (Å²) in [6.45, 7) is 5.26. The van der Waals surface area contributed by atoms with E-state index < -0.39 is 54.0 Å². The molecule has 0 fully saturated rings. The summed E-state index contributed by atoms with van der Waals surface area (Å²) in [7, 11) is 0. The molecule has 0 saturated heterocycles. The van der Waals surface area contributed by atoms with E-state index in [4.69, 9.17) is 17.2 Å². The summed E-state index contributed by atoms with van der Waals surface area (Å²) in [6.07, 6.45) is 1.16. The molecule has 14 heteroatoms. The molecule has 226 valence electrons. The summed E-state index contributed by atoms with van der Waals surface area (Å²) in [5.41, 5.74) is 18.3. The van der Waals surface area contributed by atoms with Gasteiger partial charge in [-0.05, 0) is 43.7 Å². The van der Waals surface area contributed by atoms with Crippen LogP contribution in [0, 0.1) is 5.92 Å². The normalized spacial score (nSPS) is 14.9. The largest absolute Gasteiger partial charge is 0.480 e. The van der Waals surface area contributed by atoms with Gasteiger partial charge in [-0.1, -0.05) is 32.0 Å². The zero-order chi connectivity index (χ0) is 30.7. The lowest BCUT2D eigenvalue weighted by molar-refractivity contribution is -0.145. The molecule has 2 aromatic rings. The Morgan fingerprint density at radius 1 is 0.976 bits per heavy atom. The molecule has 41 heavy (non-hydrogen) atoms. The van der Waals surface area contributed by atoms with Crippen LogP contribution in [0.5, 0.6) is 0 Å². The number of para-hydroxylation sites is 1. The highest BCUT2D eigenvalue weighted by Gasteiger charge is 2.32. The van der Waals surface area contributed by atoms with Crippen molar-refractivity contribution in [3.05, 3.63) is 36.0 Å². The number of amides is 3. The fourth-order valence-corrected chi connectivity index (χ4v) is 4.31. The van der Waals surface area contributed by atoms with E-state index in [1.54, 1.807) is 6.20 Å². The molecule has 0 radical (unpaired) electrons. The number of nitrogens with one attached hydrogen (secondary N) is 4. The molecule has 0 aliphatic heterocycles. The number of carboxylic acids is 1. The molecule has 3 amide bonds. The number of aromatic amines is 1. The number of aliphatic hydroxyl groups is 1. The average molecular weight is 575 g/mol. The number of aliphatic hydroxyl groups excluding tert-OH is 1. The Balaban J connectivity index is 2.33. The van der Waals surface area contributed by atoms with Gasteiger partial charge < -0.3 is 48.3 Å². The SMILES string of the molecule is CC(C)CC(N)C(=O)NC(CCCN=C(N)N)C(=O)NC(Cc1c[nH]c2ccccc12)C(=O)NC(C(=O)O)C(C)O. The first-order chi connectivity index (χ1) is 19.3. The monoisotopic (exact) mass is 574 g/mol. The number of aliphatic imine (C=N–C) groups is 1. The van der Waals surface area contributed by atoms with Crippen LogP contribution in [0.4, 0.5) is 0 Å². The minimum Gasteiger partial charge on any atom is -0.480 e. The van der Waals surface area contributed by atoms with E-state index in [1.807, 2.05) is 38.1 Å². The number of guanidine groups is 1. The second-order valence-corrected chi connectivity index (χ2v) is 10.4. The Labute approximate surface area is 238 Å². The molecular weight excluding hydrogens is 532 g/mol. The van der Waals surface area contributed by atoms with Crippen LogP contribution >= 0.6 is 0 Å². The quantitative estimate of drug-likeness (QED) is 0.0680. The number of carbonyl (C=O) groups excluding carboxylic acids is 3. The van der Waals surface area contributed by atoms with Gasteiger partial charge in [-0.3, -0.25) is 19.4 Å². The van der Waals surface area contributed by atoms with Gasteiger partial charge in [0.25, 0.3) is 0 Å². The number of nitrogens with two attached hydrogens (primary N) is 3. The second-order valence-electron chi connectivity index (χ2n) is 10.4. The number of carboxylic acid groups (broad SMARTS) is 1. The summed E-state index contributed by atoms with van der Waals surface area (Å²) in [5, 5.41) is 27.8. The Morgan fingerprint density at radius 3 is 2.22 bits per heavy atom. The lowest BCUT2D eigenvalue weighted by Crippen LogP contribution is -2.58. The van der Waals surface area contributed by atoms with Crippen molar-refractivity contribution < 1.29 is 29.4 Å². The van der Waals surface area contributed by atoms with Crippen LogP contribution in [-0.4, -0.2) is 81.7 Å². The molecule has 0 aliphatic rings. The summed E-state index contributed by atoms with van der Waals surface area (Å²) in [6, 6.07) is 2.58. The van der Waals surface area contributed by atoms with Crippen LogP contribution in [-0.2, 0) is 25.6 Å². The molecule has 12 N–H and O–H groups in total. The molecular formula is C27H42N8O6. The van der Waals surface area contributed by atoms with E-state index in [2.05, 4.69) is 25.9 Å². The zero-order valence-electron chi connectivity index (χ0n) is 23.6. The number of carbonyl (C=O) groups is 4. The molecule has 1 heterocycles. The third-order valence-electron chi connectivity index (χ3n) is 6.42. The first-order valence-electron chi connectivity index (χ1n) is 13.5. The van der Waals surface area contributed by atoms with Gasteiger partial charge in [0.2, 0.25) is 17.7 Å². The third-order valence-corrected chi connectivity index (χ3v) is 6.42. The van der Waals surface area contributed by atoms with E-state index in [0.29, 0.717) is 18.4 Å². The number of fused-ring (bicyclic) bond motifs is 1. The van der Waals surface area contributed by atoms with Crippen molar-refractivity contribution >= 4 is 40.6 Å². The van der Waals surface area contributed by atoms with Crippen molar-refractivity contribution in [2.45, 2.75) is 76.7 Å². The van der Waals surface area contributed by atoms with Gasteiger partial charge >= 0.3 is 5.97 Å². The number of hydrogen-bond acceptors (Lipinski definition) is 7. The van der Waals surface area contributed by atoms with Crippen LogP contribution < -0.4 is 33.2 Å². The molecule has 5 unspecified atom stereocenters. The Hall–Kier alpha value is -4.17. The molecule has 1 aromatic carbocycles. The van der Waals surface area contributed by atoms with Crippen molar-refractivity contribution in [2.75, 3.05) is 6.54 Å². The van der Waals surface area contributed by atoms with Gasteiger partial charge in [0.1, 0.15) is 12.1 Å². The number of aromatic nitrogens is 1. The van der Waals surface area contributed by atoms with Crippen LogP contribution in [0.1, 0.15) is 45.6 Å². The van der Waals surface area contributed by atoms with Crippen LogP contribution in [0.25, 0.3) is 10.9 Å². The lowest BCUT2D eigenvalue weighted by atomic mass is 10.0. The highest BCUT2D eigenvalue weighted by atomic mass is 16.4. The van der Waals surface area contributed by atoms with Crippen molar-refractivity contribution in [1.82, 2.24) is 20.9 Å². The van der Waals surface area contributed by atoms with Crippen molar-refractivity contribution in [3.63, 3.8) is 0 Å². The molecule has 5 atom stereocenters. The topological polar surface area (TPSA) is 251 Å². The fraction of sp³-hybridized carbons (Fsp3) is 0.519. The van der Waals surface area contributed by atoms with E-state index in [0.717, 1.165) is 10.9 Å². The Bertz CT molecular complexity index is 1220.